The summed E-state index contributed by atoms with van der Waals surface area (Å²) >= 11 is 0. The molecular weight excluding hydrogens is 220 g/mol. The first kappa shape index (κ1) is 12.9. The average Bonchev–Trinajstić information content (AvgIpc) is 3.12. The van der Waals surface area contributed by atoms with Gasteiger partial charge in [0.2, 0.25) is 0 Å². The van der Waals surface area contributed by atoms with Crippen LogP contribution in [-0.4, -0.2) is 36.6 Å². The molecule has 2 nitrogen and oxygen atoms in total. The van der Waals surface area contributed by atoms with E-state index in [0.717, 1.165) is 30.0 Å². The zero-order valence-corrected chi connectivity index (χ0v) is 12.2. The van der Waals surface area contributed by atoms with Crippen LogP contribution in [0.3, 0.4) is 0 Å². The molecule has 2 heteroatoms. The second-order valence-electron chi connectivity index (χ2n) is 7.17. The Morgan fingerprint density at radius 2 is 1.67 bits per heavy atom. The van der Waals surface area contributed by atoms with Crippen LogP contribution in [0.15, 0.2) is 0 Å². The molecule has 0 saturated heterocycles. The molecule has 18 heavy (non-hydrogen) atoms. The molecule has 3 saturated carbocycles. The molecule has 3 aliphatic carbocycles. The fraction of sp³-hybridized carbons (Fsp3) is 1.00. The summed E-state index contributed by atoms with van der Waals surface area (Å²) in [6, 6.07) is 2.65. The molecule has 0 aromatic rings. The molecule has 0 radical (unpaired) electrons. The fourth-order valence-electron chi connectivity index (χ4n) is 3.85. The van der Waals surface area contributed by atoms with E-state index in [4.69, 9.17) is 0 Å². The van der Waals surface area contributed by atoms with Gasteiger partial charge in [-0.2, -0.15) is 0 Å². The van der Waals surface area contributed by atoms with Crippen molar-refractivity contribution in [3.63, 3.8) is 0 Å². The zero-order valence-electron chi connectivity index (χ0n) is 12.2. The van der Waals surface area contributed by atoms with Gasteiger partial charge in [-0.1, -0.05) is 6.92 Å². The number of nitrogens with zero attached hydrogens (tertiary/aromatic N) is 1. The standard InChI is InChI=1S/C16H30N2/c1-12-3-8-15(9-4-12)18(2)16-10-5-13(16)11-17-14-6-7-14/h12-17H,3-11H2,1-2H3. The summed E-state index contributed by atoms with van der Waals surface area (Å²) in [6.45, 7) is 3.70. The van der Waals surface area contributed by atoms with Crippen LogP contribution in [0, 0.1) is 11.8 Å². The Labute approximate surface area is 113 Å². The Morgan fingerprint density at radius 3 is 2.22 bits per heavy atom. The van der Waals surface area contributed by atoms with Gasteiger partial charge in [0, 0.05) is 18.1 Å². The van der Waals surface area contributed by atoms with Gasteiger partial charge in [0.1, 0.15) is 0 Å². The lowest BCUT2D eigenvalue weighted by Crippen LogP contribution is -2.53. The number of nitrogens with one attached hydrogen (secondary N) is 1. The SMILES string of the molecule is CC1CCC(N(C)C2CCC2CNC2CC2)CC1. The predicted octanol–water partition coefficient (Wildman–Crippen LogP) is 3.03. The third-order valence-electron chi connectivity index (χ3n) is 5.71. The molecular formula is C16H30N2. The first-order valence-corrected chi connectivity index (χ1v) is 8.19. The highest BCUT2D eigenvalue weighted by molar-refractivity contribution is 4.94. The zero-order chi connectivity index (χ0) is 12.5. The predicted molar refractivity (Wildman–Crippen MR) is 76.7 cm³/mol. The highest BCUT2D eigenvalue weighted by atomic mass is 15.2. The van der Waals surface area contributed by atoms with Crippen LogP contribution in [0.2, 0.25) is 0 Å². The lowest BCUT2D eigenvalue weighted by atomic mass is 9.76. The molecule has 0 spiro atoms. The average molecular weight is 250 g/mol. The normalized spacial score (nSPS) is 40.8. The van der Waals surface area contributed by atoms with Crippen LogP contribution in [-0.2, 0) is 0 Å². The second-order valence-corrected chi connectivity index (χ2v) is 7.17. The minimum atomic E-state index is 0.882. The molecule has 2 unspecified atom stereocenters. The molecule has 1 N–H and O–H groups in total. The quantitative estimate of drug-likeness (QED) is 0.807. The van der Waals surface area contributed by atoms with Crippen molar-refractivity contribution in [1.82, 2.24) is 10.2 Å². The highest BCUT2D eigenvalue weighted by Crippen LogP contribution is 2.36. The van der Waals surface area contributed by atoms with Crippen LogP contribution in [0.25, 0.3) is 0 Å². The number of hydrogen-bond donors (Lipinski definition) is 1. The highest BCUT2D eigenvalue weighted by Gasteiger charge is 2.37. The van der Waals surface area contributed by atoms with Gasteiger partial charge in [0.25, 0.3) is 0 Å². The molecule has 0 heterocycles. The summed E-state index contributed by atoms with van der Waals surface area (Å²) in [6.07, 6.45) is 11.5. The van der Waals surface area contributed by atoms with E-state index in [-0.39, 0.29) is 0 Å². The van der Waals surface area contributed by atoms with Crippen molar-refractivity contribution in [3.8, 4) is 0 Å². The molecule has 2 atom stereocenters. The number of rotatable bonds is 5. The van der Waals surface area contributed by atoms with E-state index in [1.54, 1.807) is 0 Å². The van der Waals surface area contributed by atoms with Crippen LogP contribution >= 0.6 is 0 Å². The van der Waals surface area contributed by atoms with Crippen molar-refractivity contribution in [2.45, 2.75) is 76.4 Å². The summed E-state index contributed by atoms with van der Waals surface area (Å²) in [5.41, 5.74) is 0. The third-order valence-corrected chi connectivity index (χ3v) is 5.71. The maximum Gasteiger partial charge on any atom is 0.0136 e. The van der Waals surface area contributed by atoms with Gasteiger partial charge in [-0.05, 0) is 76.8 Å². The maximum atomic E-state index is 3.73. The van der Waals surface area contributed by atoms with Gasteiger partial charge in [0.05, 0.1) is 0 Å². The van der Waals surface area contributed by atoms with E-state index >= 15 is 0 Å². The van der Waals surface area contributed by atoms with Gasteiger partial charge in [-0.3, -0.25) is 0 Å². The van der Waals surface area contributed by atoms with Crippen molar-refractivity contribution in [1.29, 1.82) is 0 Å². The molecule has 0 aromatic carbocycles. The molecule has 0 amide bonds. The molecule has 3 fully saturated rings. The van der Waals surface area contributed by atoms with Crippen LogP contribution in [0.1, 0.15) is 58.3 Å². The Kier molecular flexibility index (Phi) is 3.95. The number of hydrogen-bond acceptors (Lipinski definition) is 2. The lowest BCUT2D eigenvalue weighted by Gasteiger charge is -2.47. The molecule has 3 rings (SSSR count). The van der Waals surface area contributed by atoms with Gasteiger partial charge in [-0.25, -0.2) is 0 Å². The van der Waals surface area contributed by atoms with Crippen molar-refractivity contribution >= 4 is 0 Å². The molecule has 0 bridgehead atoms. The third kappa shape index (κ3) is 2.91. The van der Waals surface area contributed by atoms with E-state index < -0.39 is 0 Å². The van der Waals surface area contributed by atoms with E-state index in [1.165, 1.54) is 57.9 Å². The molecule has 104 valence electrons. The topological polar surface area (TPSA) is 15.3 Å². The molecule has 0 aliphatic heterocycles. The summed E-state index contributed by atoms with van der Waals surface area (Å²) < 4.78 is 0. The van der Waals surface area contributed by atoms with Crippen molar-refractivity contribution in [3.05, 3.63) is 0 Å². The smallest absolute Gasteiger partial charge is 0.0136 e. The van der Waals surface area contributed by atoms with E-state index in [1.807, 2.05) is 0 Å². The van der Waals surface area contributed by atoms with Crippen LogP contribution < -0.4 is 5.32 Å². The first-order chi connectivity index (χ1) is 8.74. The summed E-state index contributed by atoms with van der Waals surface area (Å²) in [5, 5.41) is 3.73. The minimum absolute atomic E-state index is 0.882. The van der Waals surface area contributed by atoms with Crippen LogP contribution in [0.4, 0.5) is 0 Å². The van der Waals surface area contributed by atoms with E-state index in [9.17, 15) is 0 Å². The van der Waals surface area contributed by atoms with Crippen LogP contribution in [0.5, 0.6) is 0 Å². The largest absolute Gasteiger partial charge is 0.314 e. The Balaban J connectivity index is 1.44. The Morgan fingerprint density at radius 1 is 0.944 bits per heavy atom. The lowest BCUT2D eigenvalue weighted by molar-refractivity contribution is 0.0311. The van der Waals surface area contributed by atoms with E-state index in [0.29, 0.717) is 0 Å². The van der Waals surface area contributed by atoms with Gasteiger partial charge in [0.15, 0.2) is 0 Å². The summed E-state index contributed by atoms with van der Waals surface area (Å²) in [4.78, 5) is 2.74. The van der Waals surface area contributed by atoms with Crippen molar-refractivity contribution in [2.75, 3.05) is 13.6 Å². The van der Waals surface area contributed by atoms with Gasteiger partial charge >= 0.3 is 0 Å². The summed E-state index contributed by atoms with van der Waals surface area (Å²) in [7, 11) is 2.40. The maximum absolute atomic E-state index is 3.73. The Hall–Kier alpha value is -0.0800. The Bertz CT molecular complexity index is 266. The molecule has 0 aromatic heterocycles. The van der Waals surface area contributed by atoms with Crippen molar-refractivity contribution in [2.24, 2.45) is 11.8 Å². The first-order valence-electron chi connectivity index (χ1n) is 8.19. The monoisotopic (exact) mass is 250 g/mol. The van der Waals surface area contributed by atoms with Crippen molar-refractivity contribution < 1.29 is 0 Å². The van der Waals surface area contributed by atoms with Gasteiger partial charge < -0.3 is 10.2 Å². The van der Waals surface area contributed by atoms with E-state index in [2.05, 4.69) is 24.2 Å². The van der Waals surface area contributed by atoms with Gasteiger partial charge in [-0.15, -0.1) is 0 Å². The fourth-order valence-corrected chi connectivity index (χ4v) is 3.85. The minimum Gasteiger partial charge on any atom is -0.314 e. The summed E-state index contributed by atoms with van der Waals surface area (Å²) in [5.74, 6) is 1.92. The molecule has 3 aliphatic rings. The second kappa shape index (κ2) is 5.50.